The Labute approximate surface area is 102 Å². The predicted octanol–water partition coefficient (Wildman–Crippen LogP) is 0.445. The van der Waals surface area contributed by atoms with Gasteiger partial charge in [0, 0.05) is 7.05 Å². The molecule has 0 radical (unpaired) electrons. The van der Waals surface area contributed by atoms with E-state index in [1.807, 2.05) is 20.8 Å². The summed E-state index contributed by atoms with van der Waals surface area (Å²) in [6.07, 6.45) is 0.691. The van der Waals surface area contributed by atoms with Gasteiger partial charge in [-0.1, -0.05) is 13.8 Å². The lowest BCUT2D eigenvalue weighted by molar-refractivity contribution is -0.132. The average Bonchev–Trinajstić information content (AvgIpc) is 2.61. The molecule has 1 amide bonds. The van der Waals surface area contributed by atoms with Crippen LogP contribution in [0, 0.1) is 12.8 Å². The molecular formula is C11H21N5O. The molecule has 0 bridgehead atoms. The van der Waals surface area contributed by atoms with E-state index in [2.05, 4.69) is 15.2 Å². The normalized spacial score (nSPS) is 12.8. The molecule has 0 aliphatic heterocycles. The van der Waals surface area contributed by atoms with Crippen LogP contribution in [0.15, 0.2) is 0 Å². The minimum Gasteiger partial charge on any atom is -0.337 e. The average molecular weight is 239 g/mol. The number of H-pyrrole nitrogens is 1. The van der Waals surface area contributed by atoms with Crippen molar-refractivity contribution < 1.29 is 4.79 Å². The van der Waals surface area contributed by atoms with Gasteiger partial charge in [0.05, 0.1) is 12.6 Å². The molecule has 0 aliphatic rings. The molecule has 0 saturated carbocycles. The SMILES string of the molecule is Cc1nc(CN(C)C(=O)C(N)CC(C)C)n[nH]1. The number of rotatable bonds is 5. The number of amides is 1. The zero-order chi connectivity index (χ0) is 13.0. The Morgan fingerprint density at radius 1 is 1.53 bits per heavy atom. The highest BCUT2D eigenvalue weighted by Crippen LogP contribution is 2.06. The van der Waals surface area contributed by atoms with Gasteiger partial charge in [0.15, 0.2) is 5.82 Å². The molecule has 6 heteroatoms. The molecule has 1 aromatic heterocycles. The molecular weight excluding hydrogens is 218 g/mol. The van der Waals surface area contributed by atoms with E-state index >= 15 is 0 Å². The molecule has 1 aromatic rings. The van der Waals surface area contributed by atoms with Gasteiger partial charge in [-0.15, -0.1) is 0 Å². The Kier molecular flexibility index (Phi) is 4.62. The van der Waals surface area contributed by atoms with E-state index in [1.54, 1.807) is 11.9 Å². The van der Waals surface area contributed by atoms with Crippen LogP contribution in [-0.4, -0.2) is 39.1 Å². The first-order valence-corrected chi connectivity index (χ1v) is 5.78. The lowest BCUT2D eigenvalue weighted by Gasteiger charge is -2.21. The molecule has 1 heterocycles. The van der Waals surface area contributed by atoms with Crippen LogP contribution < -0.4 is 5.73 Å². The van der Waals surface area contributed by atoms with E-state index in [1.165, 1.54) is 0 Å². The van der Waals surface area contributed by atoms with Crippen molar-refractivity contribution in [1.29, 1.82) is 0 Å². The van der Waals surface area contributed by atoms with Crippen molar-refractivity contribution in [3.8, 4) is 0 Å². The van der Waals surface area contributed by atoms with Gasteiger partial charge in [0.2, 0.25) is 5.91 Å². The molecule has 0 fully saturated rings. The van der Waals surface area contributed by atoms with Gasteiger partial charge in [-0.2, -0.15) is 5.10 Å². The molecule has 0 saturated heterocycles. The molecule has 0 spiro atoms. The van der Waals surface area contributed by atoms with E-state index in [0.717, 1.165) is 5.82 Å². The molecule has 0 aliphatic carbocycles. The molecule has 17 heavy (non-hydrogen) atoms. The fourth-order valence-corrected chi connectivity index (χ4v) is 1.64. The Morgan fingerprint density at radius 3 is 2.65 bits per heavy atom. The molecule has 3 N–H and O–H groups in total. The Bertz CT molecular complexity index is 374. The fraction of sp³-hybridized carbons (Fsp3) is 0.727. The molecule has 1 atom stereocenters. The Morgan fingerprint density at radius 2 is 2.18 bits per heavy atom. The van der Waals surface area contributed by atoms with E-state index < -0.39 is 6.04 Å². The molecule has 96 valence electrons. The van der Waals surface area contributed by atoms with Crippen molar-refractivity contribution in [2.24, 2.45) is 11.7 Å². The van der Waals surface area contributed by atoms with Gasteiger partial charge in [-0.3, -0.25) is 9.89 Å². The van der Waals surface area contributed by atoms with Crippen molar-refractivity contribution >= 4 is 5.91 Å². The number of carbonyl (C=O) groups excluding carboxylic acids is 1. The largest absolute Gasteiger partial charge is 0.337 e. The fourth-order valence-electron chi connectivity index (χ4n) is 1.64. The summed E-state index contributed by atoms with van der Waals surface area (Å²) in [6, 6.07) is -0.444. The van der Waals surface area contributed by atoms with Crippen LogP contribution in [0.2, 0.25) is 0 Å². The van der Waals surface area contributed by atoms with Crippen LogP contribution in [0.25, 0.3) is 0 Å². The zero-order valence-corrected chi connectivity index (χ0v) is 10.9. The van der Waals surface area contributed by atoms with Gasteiger partial charge in [0.1, 0.15) is 5.82 Å². The van der Waals surface area contributed by atoms with Gasteiger partial charge < -0.3 is 10.6 Å². The second-order valence-corrected chi connectivity index (χ2v) is 4.77. The van der Waals surface area contributed by atoms with Crippen LogP contribution in [0.4, 0.5) is 0 Å². The summed E-state index contributed by atoms with van der Waals surface area (Å²) in [5.41, 5.74) is 5.84. The number of nitrogens with one attached hydrogen (secondary N) is 1. The first-order valence-electron chi connectivity index (χ1n) is 5.78. The number of nitrogens with two attached hydrogens (primary N) is 1. The third-order valence-electron chi connectivity index (χ3n) is 2.44. The highest BCUT2D eigenvalue weighted by molar-refractivity contribution is 5.81. The van der Waals surface area contributed by atoms with Gasteiger partial charge >= 0.3 is 0 Å². The minimum absolute atomic E-state index is 0.0684. The van der Waals surface area contributed by atoms with Gasteiger partial charge in [-0.05, 0) is 19.3 Å². The van der Waals surface area contributed by atoms with Crippen LogP contribution in [0.1, 0.15) is 31.9 Å². The summed E-state index contributed by atoms with van der Waals surface area (Å²) in [7, 11) is 1.72. The number of nitrogens with zero attached hydrogens (tertiary/aromatic N) is 3. The maximum absolute atomic E-state index is 11.9. The topological polar surface area (TPSA) is 87.9 Å². The number of aromatic nitrogens is 3. The smallest absolute Gasteiger partial charge is 0.239 e. The van der Waals surface area contributed by atoms with Crippen LogP contribution in [0.3, 0.4) is 0 Å². The number of hydrogen-bond acceptors (Lipinski definition) is 4. The quantitative estimate of drug-likeness (QED) is 0.780. The summed E-state index contributed by atoms with van der Waals surface area (Å²) in [5, 5.41) is 6.73. The summed E-state index contributed by atoms with van der Waals surface area (Å²) in [4.78, 5) is 17.6. The lowest BCUT2D eigenvalue weighted by atomic mass is 10.0. The molecule has 1 rings (SSSR count). The van der Waals surface area contributed by atoms with Gasteiger partial charge in [0.25, 0.3) is 0 Å². The van der Waals surface area contributed by atoms with Crippen LogP contribution in [0.5, 0.6) is 0 Å². The highest BCUT2D eigenvalue weighted by atomic mass is 16.2. The monoisotopic (exact) mass is 239 g/mol. The van der Waals surface area contributed by atoms with E-state index in [-0.39, 0.29) is 5.91 Å². The van der Waals surface area contributed by atoms with Gasteiger partial charge in [-0.25, -0.2) is 4.98 Å². The summed E-state index contributed by atoms with van der Waals surface area (Å²) in [5.74, 6) is 1.69. The molecule has 0 aromatic carbocycles. The third-order valence-corrected chi connectivity index (χ3v) is 2.44. The third kappa shape index (κ3) is 4.14. The van der Waals surface area contributed by atoms with Crippen molar-refractivity contribution in [1.82, 2.24) is 20.1 Å². The lowest BCUT2D eigenvalue weighted by Crippen LogP contribution is -2.42. The highest BCUT2D eigenvalue weighted by Gasteiger charge is 2.20. The molecule has 1 unspecified atom stereocenters. The number of aromatic amines is 1. The number of likely N-dealkylation sites (N-methyl/N-ethyl adjacent to an activating group) is 1. The van der Waals surface area contributed by atoms with Crippen LogP contribution in [-0.2, 0) is 11.3 Å². The summed E-state index contributed by atoms with van der Waals surface area (Å²) >= 11 is 0. The van der Waals surface area contributed by atoms with E-state index in [0.29, 0.717) is 24.7 Å². The number of carbonyl (C=O) groups is 1. The summed E-state index contributed by atoms with van der Waals surface area (Å²) < 4.78 is 0. The maximum Gasteiger partial charge on any atom is 0.239 e. The minimum atomic E-state index is -0.444. The van der Waals surface area contributed by atoms with Crippen molar-refractivity contribution in [2.75, 3.05) is 7.05 Å². The summed E-state index contributed by atoms with van der Waals surface area (Å²) in [6.45, 7) is 6.30. The van der Waals surface area contributed by atoms with E-state index in [9.17, 15) is 4.79 Å². The van der Waals surface area contributed by atoms with Crippen LogP contribution >= 0.6 is 0 Å². The van der Waals surface area contributed by atoms with Crippen molar-refractivity contribution in [3.05, 3.63) is 11.6 Å². The Balaban J connectivity index is 2.52. The zero-order valence-electron chi connectivity index (χ0n) is 10.9. The Hall–Kier alpha value is -1.43. The number of aryl methyl sites for hydroxylation is 1. The standard InChI is InChI=1S/C11H21N5O/c1-7(2)5-9(12)11(17)16(4)6-10-13-8(3)14-15-10/h7,9H,5-6,12H2,1-4H3,(H,13,14,15). The second-order valence-electron chi connectivity index (χ2n) is 4.77. The second kappa shape index (κ2) is 5.77. The first kappa shape index (κ1) is 13.6. The van der Waals surface area contributed by atoms with E-state index in [4.69, 9.17) is 5.73 Å². The number of hydrogen-bond donors (Lipinski definition) is 2. The molecule has 6 nitrogen and oxygen atoms in total. The first-order chi connectivity index (χ1) is 7.90. The van der Waals surface area contributed by atoms with Crippen molar-refractivity contribution in [3.63, 3.8) is 0 Å². The van der Waals surface area contributed by atoms with Crippen molar-refractivity contribution in [2.45, 2.75) is 39.8 Å². The maximum atomic E-state index is 11.9. The predicted molar refractivity (Wildman–Crippen MR) is 65.0 cm³/mol.